The summed E-state index contributed by atoms with van der Waals surface area (Å²) < 4.78 is 0. The fourth-order valence-electron chi connectivity index (χ4n) is 1.93. The van der Waals surface area contributed by atoms with Crippen LogP contribution in [0.3, 0.4) is 0 Å². The highest BCUT2D eigenvalue weighted by molar-refractivity contribution is 5.63. The van der Waals surface area contributed by atoms with E-state index in [1.54, 1.807) is 6.07 Å². The number of benzene rings is 1. The Labute approximate surface area is 120 Å². The maximum absolute atomic E-state index is 9.11. The Morgan fingerprint density at radius 2 is 1.70 bits per heavy atom. The minimum absolute atomic E-state index is 0.137. The Bertz CT molecular complexity index is 643. The summed E-state index contributed by atoms with van der Waals surface area (Å²) in [5, 5.41) is 12.3. The molecule has 0 unspecified atom stereocenters. The lowest BCUT2D eigenvalue weighted by Gasteiger charge is -2.19. The molecule has 0 aliphatic rings. The highest BCUT2D eigenvalue weighted by Crippen LogP contribution is 2.25. The van der Waals surface area contributed by atoms with Crippen LogP contribution in [0.5, 0.6) is 0 Å². The molecular formula is C17H19N3. The topological polar surface area (TPSA) is 48.7 Å². The van der Waals surface area contributed by atoms with Gasteiger partial charge in [0.1, 0.15) is 11.9 Å². The summed E-state index contributed by atoms with van der Waals surface area (Å²) in [7, 11) is 0. The Morgan fingerprint density at radius 3 is 2.25 bits per heavy atom. The average molecular weight is 265 g/mol. The molecule has 0 atom stereocenters. The van der Waals surface area contributed by atoms with Crippen LogP contribution < -0.4 is 5.32 Å². The molecule has 0 fully saturated rings. The quantitative estimate of drug-likeness (QED) is 0.880. The predicted octanol–water partition coefficient (Wildman–Crippen LogP) is 4.30. The summed E-state index contributed by atoms with van der Waals surface area (Å²) in [5.74, 6) is 0.607. The SMILES string of the molecule is Cc1ccc(C#N)c(Nc2ccc(C(C)(C)C)cc2)n1. The summed E-state index contributed by atoms with van der Waals surface area (Å²) in [5.41, 5.74) is 3.79. The van der Waals surface area contributed by atoms with Crippen LogP contribution in [-0.2, 0) is 5.41 Å². The largest absolute Gasteiger partial charge is 0.339 e. The monoisotopic (exact) mass is 265 g/mol. The van der Waals surface area contributed by atoms with Crippen molar-refractivity contribution in [3.63, 3.8) is 0 Å². The number of anilines is 2. The van der Waals surface area contributed by atoms with Gasteiger partial charge in [-0.25, -0.2) is 4.98 Å². The molecule has 1 aromatic carbocycles. The third-order valence-corrected chi connectivity index (χ3v) is 3.17. The number of aryl methyl sites for hydroxylation is 1. The van der Waals surface area contributed by atoms with Crippen LogP contribution in [0.2, 0.25) is 0 Å². The third-order valence-electron chi connectivity index (χ3n) is 3.17. The van der Waals surface area contributed by atoms with E-state index in [9.17, 15) is 0 Å². The molecule has 3 nitrogen and oxygen atoms in total. The van der Waals surface area contributed by atoms with E-state index in [0.29, 0.717) is 11.4 Å². The van der Waals surface area contributed by atoms with Gasteiger partial charge in [-0.1, -0.05) is 32.9 Å². The van der Waals surface area contributed by atoms with E-state index in [2.05, 4.69) is 49.3 Å². The van der Waals surface area contributed by atoms with Gasteiger partial charge in [0.05, 0.1) is 5.56 Å². The molecule has 1 heterocycles. The zero-order valence-corrected chi connectivity index (χ0v) is 12.4. The zero-order valence-electron chi connectivity index (χ0n) is 12.4. The Kier molecular flexibility index (Phi) is 3.76. The van der Waals surface area contributed by atoms with Crippen molar-refractivity contribution in [2.75, 3.05) is 5.32 Å². The van der Waals surface area contributed by atoms with E-state index in [4.69, 9.17) is 5.26 Å². The number of hydrogen-bond donors (Lipinski definition) is 1. The standard InChI is InChI=1S/C17H19N3/c1-12-5-6-13(11-18)16(19-12)20-15-9-7-14(8-10-15)17(2,3)4/h5-10H,1-4H3,(H,19,20). The van der Waals surface area contributed by atoms with Crippen LogP contribution in [0.4, 0.5) is 11.5 Å². The number of hydrogen-bond acceptors (Lipinski definition) is 3. The lowest BCUT2D eigenvalue weighted by molar-refractivity contribution is 0.590. The fourth-order valence-corrected chi connectivity index (χ4v) is 1.93. The number of rotatable bonds is 2. The molecule has 0 saturated heterocycles. The second kappa shape index (κ2) is 5.34. The van der Waals surface area contributed by atoms with Gasteiger partial charge in [-0.15, -0.1) is 0 Å². The molecule has 0 bridgehead atoms. The smallest absolute Gasteiger partial charge is 0.148 e. The average Bonchev–Trinajstić information content (AvgIpc) is 2.38. The second-order valence-corrected chi connectivity index (χ2v) is 5.91. The first-order valence-electron chi connectivity index (χ1n) is 6.65. The summed E-state index contributed by atoms with van der Waals surface area (Å²) in [6, 6.07) is 14.0. The van der Waals surface area contributed by atoms with Gasteiger partial charge >= 0.3 is 0 Å². The number of aromatic nitrogens is 1. The van der Waals surface area contributed by atoms with Crippen molar-refractivity contribution in [1.29, 1.82) is 5.26 Å². The highest BCUT2D eigenvalue weighted by atomic mass is 15.0. The van der Waals surface area contributed by atoms with E-state index in [1.165, 1.54) is 5.56 Å². The lowest BCUT2D eigenvalue weighted by atomic mass is 9.87. The Morgan fingerprint density at radius 1 is 1.05 bits per heavy atom. The highest BCUT2D eigenvalue weighted by Gasteiger charge is 2.13. The first-order valence-corrected chi connectivity index (χ1v) is 6.65. The van der Waals surface area contributed by atoms with Crippen LogP contribution in [-0.4, -0.2) is 4.98 Å². The molecule has 0 amide bonds. The Balaban J connectivity index is 2.27. The van der Waals surface area contributed by atoms with Gasteiger partial charge in [-0.05, 0) is 42.2 Å². The van der Waals surface area contributed by atoms with Crippen molar-refractivity contribution < 1.29 is 0 Å². The van der Waals surface area contributed by atoms with Crippen molar-refractivity contribution in [2.24, 2.45) is 0 Å². The van der Waals surface area contributed by atoms with Gasteiger partial charge in [0, 0.05) is 11.4 Å². The Hall–Kier alpha value is -2.34. The van der Waals surface area contributed by atoms with Gasteiger partial charge in [-0.2, -0.15) is 5.26 Å². The summed E-state index contributed by atoms with van der Waals surface area (Å²) in [4.78, 5) is 4.38. The molecule has 0 aliphatic carbocycles. The molecule has 2 rings (SSSR count). The molecule has 0 radical (unpaired) electrons. The van der Waals surface area contributed by atoms with Gasteiger partial charge in [0.15, 0.2) is 0 Å². The normalized spacial score (nSPS) is 10.9. The van der Waals surface area contributed by atoms with Gasteiger partial charge in [-0.3, -0.25) is 0 Å². The van der Waals surface area contributed by atoms with Crippen molar-refractivity contribution >= 4 is 11.5 Å². The van der Waals surface area contributed by atoms with Crippen LogP contribution in [0.25, 0.3) is 0 Å². The number of pyridine rings is 1. The fraction of sp³-hybridized carbons (Fsp3) is 0.294. The maximum Gasteiger partial charge on any atom is 0.148 e. The number of nitrogens with one attached hydrogen (secondary N) is 1. The molecule has 3 heteroatoms. The molecule has 0 aliphatic heterocycles. The summed E-state index contributed by atoms with van der Waals surface area (Å²) in [6.45, 7) is 8.47. The van der Waals surface area contributed by atoms with Crippen molar-refractivity contribution in [1.82, 2.24) is 4.98 Å². The molecule has 102 valence electrons. The van der Waals surface area contributed by atoms with Crippen LogP contribution in [0, 0.1) is 18.3 Å². The first kappa shape index (κ1) is 14.1. The number of nitrogens with zero attached hydrogens (tertiary/aromatic N) is 2. The lowest BCUT2D eigenvalue weighted by Crippen LogP contribution is -2.10. The molecular weight excluding hydrogens is 246 g/mol. The molecule has 20 heavy (non-hydrogen) atoms. The summed E-state index contributed by atoms with van der Waals surface area (Å²) >= 11 is 0. The van der Waals surface area contributed by atoms with Crippen LogP contribution >= 0.6 is 0 Å². The first-order chi connectivity index (χ1) is 9.40. The molecule has 0 spiro atoms. The van der Waals surface area contributed by atoms with Crippen molar-refractivity contribution in [3.05, 3.63) is 53.2 Å². The van der Waals surface area contributed by atoms with E-state index in [0.717, 1.165) is 11.4 Å². The summed E-state index contributed by atoms with van der Waals surface area (Å²) in [6.07, 6.45) is 0. The van der Waals surface area contributed by atoms with Crippen molar-refractivity contribution in [3.8, 4) is 6.07 Å². The predicted molar refractivity (Wildman–Crippen MR) is 82.1 cm³/mol. The van der Waals surface area contributed by atoms with Gasteiger partial charge in [0.25, 0.3) is 0 Å². The molecule has 2 aromatic rings. The zero-order chi connectivity index (χ0) is 14.8. The van der Waals surface area contributed by atoms with E-state index >= 15 is 0 Å². The maximum atomic E-state index is 9.11. The minimum atomic E-state index is 0.137. The van der Waals surface area contributed by atoms with E-state index in [-0.39, 0.29) is 5.41 Å². The minimum Gasteiger partial charge on any atom is -0.339 e. The van der Waals surface area contributed by atoms with E-state index in [1.807, 2.05) is 25.1 Å². The van der Waals surface area contributed by atoms with Crippen LogP contribution in [0.1, 0.15) is 37.6 Å². The van der Waals surface area contributed by atoms with Gasteiger partial charge < -0.3 is 5.32 Å². The number of nitriles is 1. The van der Waals surface area contributed by atoms with Gasteiger partial charge in [0.2, 0.25) is 0 Å². The second-order valence-electron chi connectivity index (χ2n) is 5.91. The molecule has 0 saturated carbocycles. The molecule has 1 N–H and O–H groups in total. The van der Waals surface area contributed by atoms with E-state index < -0.39 is 0 Å². The van der Waals surface area contributed by atoms with Crippen LogP contribution in [0.15, 0.2) is 36.4 Å². The molecule has 1 aromatic heterocycles. The third kappa shape index (κ3) is 3.16. The van der Waals surface area contributed by atoms with Crippen molar-refractivity contribution in [2.45, 2.75) is 33.1 Å².